The molecule has 1 amide bonds. The van der Waals surface area contributed by atoms with E-state index in [0.717, 1.165) is 17.1 Å². The Bertz CT molecular complexity index is 784. The maximum absolute atomic E-state index is 11.9. The third kappa shape index (κ3) is 4.64. The molecule has 3 rings (SSSR count). The first-order valence-corrected chi connectivity index (χ1v) is 8.85. The number of H-pyrrole nitrogens is 1. The Hall–Kier alpha value is -2.19. The van der Waals surface area contributed by atoms with Gasteiger partial charge in [0.15, 0.2) is 5.13 Å². The van der Waals surface area contributed by atoms with Crippen molar-refractivity contribution in [2.24, 2.45) is 0 Å². The summed E-state index contributed by atoms with van der Waals surface area (Å²) >= 11 is 2.71. The molecule has 118 valence electrons. The van der Waals surface area contributed by atoms with E-state index in [1.54, 1.807) is 0 Å². The maximum Gasteiger partial charge on any atom is 0.236 e. The van der Waals surface area contributed by atoms with Crippen molar-refractivity contribution >= 4 is 34.1 Å². The SMILES string of the molecule is Cc1csc(NC(=O)CSc2n[nH]c(Cc3ccccc3)n2)n1. The smallest absolute Gasteiger partial charge is 0.236 e. The molecule has 2 heterocycles. The summed E-state index contributed by atoms with van der Waals surface area (Å²) in [4.78, 5) is 20.5. The minimum atomic E-state index is -0.112. The van der Waals surface area contributed by atoms with E-state index in [4.69, 9.17) is 0 Å². The lowest BCUT2D eigenvalue weighted by atomic mass is 10.1. The molecule has 1 aromatic carbocycles. The van der Waals surface area contributed by atoms with Crippen molar-refractivity contribution in [2.45, 2.75) is 18.5 Å². The molecule has 0 aliphatic heterocycles. The van der Waals surface area contributed by atoms with Crippen LogP contribution < -0.4 is 5.32 Å². The van der Waals surface area contributed by atoms with Crippen LogP contribution in [0.2, 0.25) is 0 Å². The average molecular weight is 345 g/mol. The topological polar surface area (TPSA) is 83.6 Å². The van der Waals surface area contributed by atoms with E-state index in [-0.39, 0.29) is 11.7 Å². The molecule has 0 spiro atoms. The highest BCUT2D eigenvalue weighted by Crippen LogP contribution is 2.17. The number of hydrogen-bond acceptors (Lipinski definition) is 6. The van der Waals surface area contributed by atoms with Crippen LogP contribution >= 0.6 is 23.1 Å². The number of aryl methyl sites for hydroxylation is 1. The summed E-state index contributed by atoms with van der Waals surface area (Å²) < 4.78 is 0. The Morgan fingerprint density at radius 1 is 1.30 bits per heavy atom. The fraction of sp³-hybridized carbons (Fsp3) is 0.200. The molecule has 3 aromatic rings. The summed E-state index contributed by atoms with van der Waals surface area (Å²) in [6.07, 6.45) is 0.693. The van der Waals surface area contributed by atoms with Gasteiger partial charge in [-0.15, -0.1) is 16.4 Å². The third-order valence-electron chi connectivity index (χ3n) is 2.92. The Morgan fingerprint density at radius 3 is 2.87 bits per heavy atom. The number of thioether (sulfide) groups is 1. The highest BCUT2D eigenvalue weighted by Gasteiger charge is 2.09. The molecule has 23 heavy (non-hydrogen) atoms. The molecule has 0 unspecified atom stereocenters. The molecule has 2 N–H and O–H groups in total. The molecule has 6 nitrogen and oxygen atoms in total. The molecule has 0 saturated heterocycles. The van der Waals surface area contributed by atoms with E-state index in [9.17, 15) is 4.79 Å². The molecule has 0 bridgehead atoms. The predicted octanol–water partition coefficient (Wildman–Crippen LogP) is 2.89. The Balaban J connectivity index is 1.50. The van der Waals surface area contributed by atoms with Gasteiger partial charge in [-0.05, 0) is 12.5 Å². The van der Waals surface area contributed by atoms with Crippen molar-refractivity contribution in [1.82, 2.24) is 20.2 Å². The maximum atomic E-state index is 11.9. The Labute approximate surface area is 141 Å². The van der Waals surface area contributed by atoms with Gasteiger partial charge in [-0.1, -0.05) is 42.1 Å². The van der Waals surface area contributed by atoms with Crippen LogP contribution in [0.1, 0.15) is 17.1 Å². The summed E-state index contributed by atoms with van der Waals surface area (Å²) in [5, 5.41) is 12.9. The first-order chi connectivity index (χ1) is 11.2. The lowest BCUT2D eigenvalue weighted by Gasteiger charge is -1.99. The van der Waals surface area contributed by atoms with Gasteiger partial charge in [0.05, 0.1) is 11.4 Å². The Morgan fingerprint density at radius 2 is 2.13 bits per heavy atom. The zero-order valence-corrected chi connectivity index (χ0v) is 14.1. The van der Waals surface area contributed by atoms with Crippen molar-refractivity contribution in [2.75, 3.05) is 11.1 Å². The molecule has 8 heteroatoms. The summed E-state index contributed by atoms with van der Waals surface area (Å²) in [6, 6.07) is 10.0. The zero-order chi connectivity index (χ0) is 16.1. The number of carbonyl (C=O) groups excluding carboxylic acids is 1. The molecule has 0 saturated carbocycles. The first kappa shape index (κ1) is 15.7. The van der Waals surface area contributed by atoms with E-state index < -0.39 is 0 Å². The highest BCUT2D eigenvalue weighted by molar-refractivity contribution is 7.99. The molecule has 0 radical (unpaired) electrons. The highest BCUT2D eigenvalue weighted by atomic mass is 32.2. The van der Waals surface area contributed by atoms with Gasteiger partial charge in [0.2, 0.25) is 11.1 Å². The minimum absolute atomic E-state index is 0.112. The number of nitrogens with zero attached hydrogens (tertiary/aromatic N) is 3. The van der Waals surface area contributed by atoms with E-state index in [0.29, 0.717) is 16.7 Å². The van der Waals surface area contributed by atoms with Gasteiger partial charge >= 0.3 is 0 Å². The number of amides is 1. The second-order valence-corrected chi connectivity index (χ2v) is 6.66. The number of carbonyl (C=O) groups is 1. The largest absolute Gasteiger partial charge is 0.301 e. The zero-order valence-electron chi connectivity index (χ0n) is 12.4. The summed E-state index contributed by atoms with van der Waals surface area (Å²) in [6.45, 7) is 1.89. The van der Waals surface area contributed by atoms with Crippen molar-refractivity contribution < 1.29 is 4.79 Å². The summed E-state index contributed by atoms with van der Waals surface area (Å²) in [5.74, 6) is 0.926. The molecular formula is C15H15N5OS2. The monoisotopic (exact) mass is 345 g/mol. The van der Waals surface area contributed by atoms with E-state index in [2.05, 4.69) is 25.5 Å². The summed E-state index contributed by atoms with van der Waals surface area (Å²) in [7, 11) is 0. The quantitative estimate of drug-likeness (QED) is 0.671. The summed E-state index contributed by atoms with van der Waals surface area (Å²) in [5.41, 5.74) is 2.06. The van der Waals surface area contributed by atoms with Crippen molar-refractivity contribution in [3.05, 3.63) is 52.8 Å². The number of thiazole rings is 1. The van der Waals surface area contributed by atoms with Crippen LogP contribution in [0.25, 0.3) is 0 Å². The number of aromatic nitrogens is 4. The fourth-order valence-corrected chi connectivity index (χ4v) is 3.23. The number of hydrogen-bond donors (Lipinski definition) is 2. The van der Waals surface area contributed by atoms with E-state index >= 15 is 0 Å². The average Bonchev–Trinajstić information content (AvgIpc) is 3.15. The third-order valence-corrected chi connectivity index (χ3v) is 4.65. The van der Waals surface area contributed by atoms with Crippen LogP contribution in [0.5, 0.6) is 0 Å². The van der Waals surface area contributed by atoms with Gasteiger partial charge in [-0.2, -0.15) is 0 Å². The molecule has 0 aliphatic rings. The van der Waals surface area contributed by atoms with Crippen LogP contribution in [0, 0.1) is 6.92 Å². The normalized spacial score (nSPS) is 10.7. The predicted molar refractivity (Wildman–Crippen MR) is 91.8 cm³/mol. The van der Waals surface area contributed by atoms with Crippen LogP contribution in [-0.2, 0) is 11.2 Å². The van der Waals surface area contributed by atoms with E-state index in [1.165, 1.54) is 23.1 Å². The molecule has 0 aliphatic carbocycles. The molecular weight excluding hydrogens is 330 g/mol. The number of benzene rings is 1. The van der Waals surface area contributed by atoms with Crippen LogP contribution in [0.3, 0.4) is 0 Å². The first-order valence-electron chi connectivity index (χ1n) is 6.99. The number of anilines is 1. The van der Waals surface area contributed by atoms with Gasteiger partial charge in [0.25, 0.3) is 0 Å². The fourth-order valence-electron chi connectivity index (χ4n) is 1.91. The number of nitrogens with one attached hydrogen (secondary N) is 2. The van der Waals surface area contributed by atoms with Crippen LogP contribution in [0.4, 0.5) is 5.13 Å². The van der Waals surface area contributed by atoms with E-state index in [1.807, 2.05) is 42.6 Å². The lowest BCUT2D eigenvalue weighted by Crippen LogP contribution is -2.13. The molecule has 2 aromatic heterocycles. The van der Waals surface area contributed by atoms with Crippen LogP contribution in [-0.4, -0.2) is 31.8 Å². The van der Waals surface area contributed by atoms with Gasteiger partial charge in [0, 0.05) is 11.8 Å². The second-order valence-electron chi connectivity index (χ2n) is 4.86. The van der Waals surface area contributed by atoms with Gasteiger partial charge in [-0.3, -0.25) is 9.89 Å². The van der Waals surface area contributed by atoms with Gasteiger partial charge < -0.3 is 5.32 Å². The lowest BCUT2D eigenvalue weighted by molar-refractivity contribution is -0.113. The number of aromatic amines is 1. The molecule has 0 atom stereocenters. The van der Waals surface area contributed by atoms with Crippen molar-refractivity contribution in [1.29, 1.82) is 0 Å². The standard InChI is InChI=1S/C15H15N5OS2/c1-10-8-22-14(16-10)18-13(21)9-23-15-17-12(19-20-15)7-11-5-3-2-4-6-11/h2-6,8H,7,9H2,1H3,(H,16,18,21)(H,17,19,20). The minimum Gasteiger partial charge on any atom is -0.301 e. The van der Waals surface area contributed by atoms with Crippen molar-refractivity contribution in [3.8, 4) is 0 Å². The van der Waals surface area contributed by atoms with Gasteiger partial charge in [0.1, 0.15) is 5.82 Å². The van der Waals surface area contributed by atoms with Gasteiger partial charge in [-0.25, -0.2) is 9.97 Å². The Kier molecular flexibility index (Phi) is 5.04. The molecule has 0 fully saturated rings. The van der Waals surface area contributed by atoms with Crippen molar-refractivity contribution in [3.63, 3.8) is 0 Å². The second kappa shape index (κ2) is 7.38. The number of rotatable bonds is 6. The van der Waals surface area contributed by atoms with Crippen LogP contribution in [0.15, 0.2) is 40.9 Å².